The lowest BCUT2D eigenvalue weighted by Gasteiger charge is -2.28. The zero-order valence-electron chi connectivity index (χ0n) is 14.9. The molecule has 1 aromatic rings. The highest BCUT2D eigenvalue weighted by Gasteiger charge is 2.44. The molecule has 0 radical (unpaired) electrons. The summed E-state index contributed by atoms with van der Waals surface area (Å²) < 4.78 is 27.6. The van der Waals surface area contributed by atoms with Crippen LogP contribution < -0.4 is 5.32 Å². The third-order valence-electron chi connectivity index (χ3n) is 4.71. The predicted octanol–water partition coefficient (Wildman–Crippen LogP) is 2.04. The van der Waals surface area contributed by atoms with E-state index in [1.165, 1.54) is 4.90 Å². The van der Waals surface area contributed by atoms with Crippen molar-refractivity contribution >= 4 is 17.8 Å². The number of carbonyl (C=O) groups is 3. The van der Waals surface area contributed by atoms with Gasteiger partial charge in [0.25, 0.3) is 5.91 Å². The summed E-state index contributed by atoms with van der Waals surface area (Å²) in [6.45, 7) is 5.20. The Bertz CT molecular complexity index is 718. The van der Waals surface area contributed by atoms with Crippen molar-refractivity contribution in [3.63, 3.8) is 0 Å². The number of likely N-dealkylation sites (tertiary alicyclic amines) is 1. The molecule has 1 heterocycles. The van der Waals surface area contributed by atoms with Gasteiger partial charge in [0, 0.05) is 13.1 Å². The molecule has 0 spiro atoms. The third-order valence-corrected chi connectivity index (χ3v) is 4.71. The van der Waals surface area contributed by atoms with Crippen molar-refractivity contribution in [3.8, 4) is 0 Å². The average molecular weight is 368 g/mol. The maximum atomic E-state index is 13.8. The van der Waals surface area contributed by atoms with Crippen LogP contribution >= 0.6 is 0 Å². The van der Waals surface area contributed by atoms with Crippen LogP contribution in [-0.4, -0.2) is 46.9 Å². The molecule has 142 valence electrons. The molecule has 0 saturated carbocycles. The fourth-order valence-electron chi connectivity index (χ4n) is 2.96. The summed E-state index contributed by atoms with van der Waals surface area (Å²) in [7, 11) is 0. The Kier molecular flexibility index (Phi) is 5.63. The molecule has 6 nitrogen and oxygen atoms in total. The second-order valence-electron chi connectivity index (χ2n) is 7.17. The topological polar surface area (TPSA) is 86.7 Å². The number of carboxylic acids is 1. The van der Waals surface area contributed by atoms with Crippen LogP contribution in [-0.2, 0) is 9.59 Å². The fourth-order valence-corrected chi connectivity index (χ4v) is 2.96. The Morgan fingerprint density at radius 3 is 2.27 bits per heavy atom. The summed E-state index contributed by atoms with van der Waals surface area (Å²) in [4.78, 5) is 37.8. The highest BCUT2D eigenvalue weighted by atomic mass is 19.1. The summed E-state index contributed by atoms with van der Waals surface area (Å²) in [5, 5.41) is 11.7. The largest absolute Gasteiger partial charge is 0.481 e. The van der Waals surface area contributed by atoms with Gasteiger partial charge in [-0.2, -0.15) is 0 Å². The summed E-state index contributed by atoms with van der Waals surface area (Å²) in [6.07, 6.45) is 0.300. The maximum Gasteiger partial charge on any atom is 0.311 e. The third kappa shape index (κ3) is 3.84. The maximum absolute atomic E-state index is 13.8. The van der Waals surface area contributed by atoms with E-state index in [4.69, 9.17) is 0 Å². The number of carbonyl (C=O) groups excluding carboxylic acids is 2. The van der Waals surface area contributed by atoms with Crippen LogP contribution in [0.3, 0.4) is 0 Å². The molecule has 2 N–H and O–H groups in total. The number of hydrogen-bond donors (Lipinski definition) is 2. The van der Waals surface area contributed by atoms with E-state index in [2.05, 4.69) is 5.32 Å². The van der Waals surface area contributed by atoms with E-state index in [1.54, 1.807) is 20.8 Å². The minimum absolute atomic E-state index is 0.0221. The molecular weight excluding hydrogens is 346 g/mol. The zero-order chi connectivity index (χ0) is 19.6. The Labute approximate surface area is 150 Å². The van der Waals surface area contributed by atoms with Gasteiger partial charge in [0.2, 0.25) is 5.91 Å². The lowest BCUT2D eigenvalue weighted by molar-refractivity contribution is -0.147. The summed E-state index contributed by atoms with van der Waals surface area (Å²) in [5.41, 5.74) is -1.79. The SMILES string of the molecule is CC(C)C(NC(=O)c1c(F)cccc1F)C(=O)N1CCC(C)(C(=O)O)C1. The molecule has 1 aromatic carbocycles. The summed E-state index contributed by atoms with van der Waals surface area (Å²) >= 11 is 0. The summed E-state index contributed by atoms with van der Waals surface area (Å²) in [5.74, 6) is -4.86. The van der Waals surface area contributed by atoms with Gasteiger partial charge in [-0.1, -0.05) is 19.9 Å². The van der Waals surface area contributed by atoms with Crippen molar-refractivity contribution < 1.29 is 28.3 Å². The molecule has 0 bridgehead atoms. The Hall–Kier alpha value is -2.51. The highest BCUT2D eigenvalue weighted by molar-refractivity contribution is 5.98. The van der Waals surface area contributed by atoms with Crippen LogP contribution in [0.2, 0.25) is 0 Å². The van der Waals surface area contributed by atoms with Gasteiger partial charge in [-0.3, -0.25) is 14.4 Å². The molecule has 1 fully saturated rings. The number of carboxylic acid groups (broad SMARTS) is 1. The summed E-state index contributed by atoms with van der Waals surface area (Å²) in [6, 6.07) is 2.05. The number of nitrogens with one attached hydrogen (secondary N) is 1. The van der Waals surface area contributed by atoms with Gasteiger partial charge in [0.05, 0.1) is 5.41 Å². The van der Waals surface area contributed by atoms with Crippen LogP contribution in [0, 0.1) is 23.0 Å². The lowest BCUT2D eigenvalue weighted by Crippen LogP contribution is -2.51. The number of halogens is 2. The van der Waals surface area contributed by atoms with Crippen molar-refractivity contribution in [2.75, 3.05) is 13.1 Å². The Morgan fingerprint density at radius 1 is 1.23 bits per heavy atom. The molecule has 1 aliphatic rings. The second kappa shape index (κ2) is 7.39. The molecule has 2 unspecified atom stereocenters. The van der Waals surface area contributed by atoms with Crippen molar-refractivity contribution in [2.45, 2.75) is 33.2 Å². The molecule has 2 atom stereocenters. The number of amides is 2. The Morgan fingerprint density at radius 2 is 1.81 bits per heavy atom. The Balaban J connectivity index is 2.18. The molecule has 2 rings (SSSR count). The molecule has 8 heteroatoms. The van der Waals surface area contributed by atoms with Gasteiger partial charge in [-0.15, -0.1) is 0 Å². The zero-order valence-corrected chi connectivity index (χ0v) is 14.9. The van der Waals surface area contributed by atoms with Gasteiger partial charge in [-0.25, -0.2) is 8.78 Å². The number of benzene rings is 1. The van der Waals surface area contributed by atoms with Crippen molar-refractivity contribution in [1.29, 1.82) is 0 Å². The molecular formula is C18H22F2N2O4. The normalized spacial score (nSPS) is 20.9. The van der Waals surface area contributed by atoms with E-state index in [9.17, 15) is 28.3 Å². The molecule has 0 aliphatic carbocycles. The van der Waals surface area contributed by atoms with Crippen molar-refractivity contribution in [1.82, 2.24) is 10.2 Å². The quantitative estimate of drug-likeness (QED) is 0.833. The van der Waals surface area contributed by atoms with Crippen LogP contribution in [0.15, 0.2) is 18.2 Å². The van der Waals surface area contributed by atoms with Gasteiger partial charge >= 0.3 is 5.97 Å². The second-order valence-corrected chi connectivity index (χ2v) is 7.17. The van der Waals surface area contributed by atoms with E-state index in [0.29, 0.717) is 6.42 Å². The average Bonchev–Trinajstić information content (AvgIpc) is 2.95. The number of aliphatic carboxylic acids is 1. The van der Waals surface area contributed by atoms with Gasteiger partial charge in [0.1, 0.15) is 23.2 Å². The van der Waals surface area contributed by atoms with E-state index in [0.717, 1.165) is 18.2 Å². The molecule has 0 aromatic heterocycles. The van der Waals surface area contributed by atoms with Gasteiger partial charge in [-0.05, 0) is 31.4 Å². The van der Waals surface area contributed by atoms with E-state index < -0.39 is 46.4 Å². The highest BCUT2D eigenvalue weighted by Crippen LogP contribution is 2.31. The lowest BCUT2D eigenvalue weighted by atomic mass is 9.90. The van der Waals surface area contributed by atoms with Crippen LogP contribution in [0.1, 0.15) is 37.6 Å². The predicted molar refractivity (Wildman–Crippen MR) is 89.4 cm³/mol. The number of nitrogens with zero attached hydrogens (tertiary/aromatic N) is 1. The first-order valence-corrected chi connectivity index (χ1v) is 8.34. The molecule has 1 saturated heterocycles. The van der Waals surface area contributed by atoms with E-state index in [-0.39, 0.29) is 19.0 Å². The first-order chi connectivity index (χ1) is 12.1. The van der Waals surface area contributed by atoms with Crippen molar-refractivity contribution in [2.24, 2.45) is 11.3 Å². The van der Waals surface area contributed by atoms with Gasteiger partial charge in [0.15, 0.2) is 0 Å². The smallest absolute Gasteiger partial charge is 0.311 e. The molecule has 1 aliphatic heterocycles. The van der Waals surface area contributed by atoms with E-state index in [1.807, 2.05) is 0 Å². The molecule has 26 heavy (non-hydrogen) atoms. The minimum atomic E-state index is -1.04. The monoisotopic (exact) mass is 368 g/mol. The van der Waals surface area contributed by atoms with Crippen LogP contribution in [0.4, 0.5) is 8.78 Å². The van der Waals surface area contributed by atoms with Gasteiger partial charge < -0.3 is 15.3 Å². The van der Waals surface area contributed by atoms with Crippen LogP contribution in [0.5, 0.6) is 0 Å². The van der Waals surface area contributed by atoms with Crippen molar-refractivity contribution in [3.05, 3.63) is 35.4 Å². The van der Waals surface area contributed by atoms with E-state index >= 15 is 0 Å². The molecule has 2 amide bonds. The minimum Gasteiger partial charge on any atom is -0.481 e. The first-order valence-electron chi connectivity index (χ1n) is 8.34. The first kappa shape index (κ1) is 19.8. The standard InChI is InChI=1S/C18H22F2N2O4/c1-10(2)14(16(24)22-8-7-18(3,9-22)17(25)26)21-15(23)13-11(19)5-4-6-12(13)20/h4-6,10,14H,7-9H2,1-3H3,(H,21,23)(H,25,26). The van der Waals surface area contributed by atoms with Crippen LogP contribution in [0.25, 0.3) is 0 Å². The number of hydrogen-bond acceptors (Lipinski definition) is 3. The number of rotatable bonds is 5. The fraction of sp³-hybridized carbons (Fsp3) is 0.500.